The Morgan fingerprint density at radius 2 is 2.15 bits per heavy atom. The van der Waals surface area contributed by atoms with Crippen molar-refractivity contribution in [2.75, 3.05) is 45.3 Å². The number of nitrogens with two attached hydrogens (primary N) is 1. The molecule has 0 atom stereocenters. The van der Waals surface area contributed by atoms with Gasteiger partial charge in [-0.3, -0.25) is 4.98 Å². The Hall–Kier alpha value is -1.09. The van der Waals surface area contributed by atoms with Crippen molar-refractivity contribution in [3.05, 3.63) is 24.0 Å². The van der Waals surface area contributed by atoms with Gasteiger partial charge in [0.2, 0.25) is 0 Å². The normalized spacial score (nSPS) is 15.7. The molecule has 112 valence electrons. The number of guanidine groups is 1. The zero-order chi connectivity index (χ0) is 13.7. The number of hydrogen-bond donors (Lipinski definition) is 1. The van der Waals surface area contributed by atoms with Gasteiger partial charge in [-0.05, 0) is 12.1 Å². The highest BCUT2D eigenvalue weighted by molar-refractivity contribution is 14.0. The second-order valence-electron chi connectivity index (χ2n) is 4.64. The molecule has 2 rings (SSSR count). The zero-order valence-electron chi connectivity index (χ0n) is 12.0. The highest BCUT2D eigenvalue weighted by Crippen LogP contribution is 2.16. The Morgan fingerprint density at radius 1 is 1.45 bits per heavy atom. The maximum atomic E-state index is 6.00. The topological polar surface area (TPSA) is 67.0 Å². The molecule has 6 nitrogen and oxygen atoms in total. The van der Waals surface area contributed by atoms with Crippen LogP contribution in [0.4, 0.5) is 5.69 Å². The first-order chi connectivity index (χ1) is 9.18. The predicted molar refractivity (Wildman–Crippen MR) is 91.7 cm³/mol. The van der Waals surface area contributed by atoms with Crippen LogP contribution in [0, 0.1) is 0 Å². The molecule has 7 heteroatoms. The SMILES string of the molecule is CN(C)c1cccnc1CN=C(N)N1CCOCC1.I. The van der Waals surface area contributed by atoms with Crippen molar-refractivity contribution in [2.24, 2.45) is 10.7 Å². The van der Waals surface area contributed by atoms with Crippen molar-refractivity contribution in [3.8, 4) is 0 Å². The number of anilines is 1. The third-order valence-electron chi connectivity index (χ3n) is 3.07. The van der Waals surface area contributed by atoms with Crippen LogP contribution in [0.3, 0.4) is 0 Å². The summed E-state index contributed by atoms with van der Waals surface area (Å²) in [5, 5.41) is 0. The van der Waals surface area contributed by atoms with Crippen molar-refractivity contribution >= 4 is 35.6 Å². The molecule has 1 aromatic rings. The molecule has 20 heavy (non-hydrogen) atoms. The lowest BCUT2D eigenvalue weighted by molar-refractivity contribution is 0.0674. The smallest absolute Gasteiger partial charge is 0.191 e. The largest absolute Gasteiger partial charge is 0.378 e. The highest BCUT2D eigenvalue weighted by Gasteiger charge is 2.12. The van der Waals surface area contributed by atoms with E-state index in [1.807, 2.05) is 36.0 Å². The molecular formula is C13H22IN5O. The molecule has 0 spiro atoms. The first kappa shape index (κ1) is 17.0. The number of aromatic nitrogens is 1. The third-order valence-corrected chi connectivity index (χ3v) is 3.07. The third kappa shape index (κ3) is 4.48. The Bertz CT molecular complexity index is 446. The van der Waals surface area contributed by atoms with E-state index >= 15 is 0 Å². The van der Waals surface area contributed by atoms with Gasteiger partial charge in [-0.2, -0.15) is 0 Å². The standard InChI is InChI=1S/C13H21N5O.HI/c1-17(2)12-4-3-5-15-11(12)10-16-13(14)18-6-8-19-9-7-18;/h3-5H,6-10H2,1-2H3,(H2,14,16);1H. The molecule has 0 aliphatic carbocycles. The lowest BCUT2D eigenvalue weighted by Crippen LogP contribution is -2.44. The van der Waals surface area contributed by atoms with Gasteiger partial charge in [0.05, 0.1) is 31.1 Å². The maximum absolute atomic E-state index is 6.00. The first-order valence-corrected chi connectivity index (χ1v) is 6.42. The van der Waals surface area contributed by atoms with Gasteiger partial charge in [-0.15, -0.1) is 24.0 Å². The molecule has 2 heterocycles. The second kappa shape index (κ2) is 8.25. The van der Waals surface area contributed by atoms with E-state index in [0.717, 1.165) is 24.5 Å². The van der Waals surface area contributed by atoms with Crippen LogP contribution in [-0.4, -0.2) is 56.2 Å². The molecule has 0 amide bonds. The summed E-state index contributed by atoms with van der Waals surface area (Å²) >= 11 is 0. The van der Waals surface area contributed by atoms with Crippen molar-refractivity contribution in [2.45, 2.75) is 6.54 Å². The molecule has 0 saturated carbocycles. The Kier molecular flexibility index (Phi) is 7.00. The minimum Gasteiger partial charge on any atom is -0.378 e. The molecule has 1 aromatic heterocycles. The van der Waals surface area contributed by atoms with Crippen LogP contribution >= 0.6 is 24.0 Å². The maximum Gasteiger partial charge on any atom is 0.191 e. The predicted octanol–water partition coefficient (Wildman–Crippen LogP) is 0.912. The zero-order valence-corrected chi connectivity index (χ0v) is 14.3. The highest BCUT2D eigenvalue weighted by atomic mass is 127. The first-order valence-electron chi connectivity index (χ1n) is 6.42. The van der Waals surface area contributed by atoms with Gasteiger partial charge >= 0.3 is 0 Å². The Morgan fingerprint density at radius 3 is 2.80 bits per heavy atom. The quantitative estimate of drug-likeness (QED) is 0.472. The summed E-state index contributed by atoms with van der Waals surface area (Å²) in [7, 11) is 3.99. The van der Waals surface area contributed by atoms with Gasteiger partial charge < -0.3 is 20.3 Å². The summed E-state index contributed by atoms with van der Waals surface area (Å²) in [4.78, 5) is 12.9. The minimum atomic E-state index is 0. The van der Waals surface area contributed by atoms with Crippen molar-refractivity contribution in [1.29, 1.82) is 0 Å². The fourth-order valence-corrected chi connectivity index (χ4v) is 2.01. The molecule has 1 fully saturated rings. The lowest BCUT2D eigenvalue weighted by Gasteiger charge is -2.27. The van der Waals surface area contributed by atoms with E-state index in [2.05, 4.69) is 9.98 Å². The second-order valence-corrected chi connectivity index (χ2v) is 4.64. The fourth-order valence-electron chi connectivity index (χ4n) is 2.01. The fraction of sp³-hybridized carbons (Fsp3) is 0.538. The molecule has 0 aromatic carbocycles. The van der Waals surface area contributed by atoms with E-state index in [1.54, 1.807) is 6.20 Å². The number of morpholine rings is 1. The van der Waals surface area contributed by atoms with E-state index in [0.29, 0.717) is 25.7 Å². The molecule has 1 aliphatic heterocycles. The monoisotopic (exact) mass is 391 g/mol. The average Bonchev–Trinajstić information content (AvgIpc) is 2.46. The Labute approximate surface area is 137 Å². The van der Waals surface area contributed by atoms with Gasteiger partial charge in [0.1, 0.15) is 0 Å². The number of aliphatic imine (C=N–C) groups is 1. The van der Waals surface area contributed by atoms with Crippen LogP contribution in [0.1, 0.15) is 5.69 Å². The summed E-state index contributed by atoms with van der Waals surface area (Å²) in [6.07, 6.45) is 1.78. The van der Waals surface area contributed by atoms with E-state index < -0.39 is 0 Å². The summed E-state index contributed by atoms with van der Waals surface area (Å²) in [5.41, 5.74) is 8.01. The van der Waals surface area contributed by atoms with Gasteiger partial charge in [0.25, 0.3) is 0 Å². The molecule has 0 radical (unpaired) electrons. The molecule has 1 saturated heterocycles. The number of nitrogens with zero attached hydrogens (tertiary/aromatic N) is 4. The number of hydrogen-bond acceptors (Lipinski definition) is 4. The lowest BCUT2D eigenvalue weighted by atomic mass is 10.3. The molecular weight excluding hydrogens is 369 g/mol. The van der Waals surface area contributed by atoms with Gasteiger partial charge in [0.15, 0.2) is 5.96 Å². The number of ether oxygens (including phenoxy) is 1. The van der Waals surface area contributed by atoms with Crippen molar-refractivity contribution < 1.29 is 4.74 Å². The molecule has 1 aliphatic rings. The van der Waals surface area contributed by atoms with Crippen molar-refractivity contribution in [1.82, 2.24) is 9.88 Å². The van der Waals surface area contributed by atoms with Crippen LogP contribution in [-0.2, 0) is 11.3 Å². The van der Waals surface area contributed by atoms with Crippen LogP contribution in [0.2, 0.25) is 0 Å². The van der Waals surface area contributed by atoms with Gasteiger partial charge in [-0.25, -0.2) is 4.99 Å². The molecule has 2 N–H and O–H groups in total. The van der Waals surface area contributed by atoms with Crippen LogP contribution < -0.4 is 10.6 Å². The van der Waals surface area contributed by atoms with E-state index in [-0.39, 0.29) is 24.0 Å². The van der Waals surface area contributed by atoms with Gasteiger partial charge in [-0.1, -0.05) is 0 Å². The Balaban J connectivity index is 0.00000200. The minimum absolute atomic E-state index is 0. The van der Waals surface area contributed by atoms with Crippen LogP contribution in [0.25, 0.3) is 0 Å². The summed E-state index contributed by atoms with van der Waals surface area (Å²) < 4.78 is 5.29. The van der Waals surface area contributed by atoms with E-state index in [9.17, 15) is 0 Å². The summed E-state index contributed by atoms with van der Waals surface area (Å²) in [5.74, 6) is 0.568. The summed E-state index contributed by atoms with van der Waals surface area (Å²) in [6, 6.07) is 3.96. The number of halogens is 1. The van der Waals surface area contributed by atoms with Crippen molar-refractivity contribution in [3.63, 3.8) is 0 Å². The summed E-state index contributed by atoms with van der Waals surface area (Å²) in [6.45, 7) is 3.53. The molecule has 0 unspecified atom stereocenters. The number of rotatable bonds is 3. The molecule has 0 bridgehead atoms. The van der Waals surface area contributed by atoms with Crippen LogP contribution in [0.5, 0.6) is 0 Å². The van der Waals surface area contributed by atoms with E-state index in [1.165, 1.54) is 0 Å². The average molecular weight is 391 g/mol. The van der Waals surface area contributed by atoms with Crippen LogP contribution in [0.15, 0.2) is 23.3 Å². The van der Waals surface area contributed by atoms with Gasteiger partial charge in [0, 0.05) is 33.4 Å². The van der Waals surface area contributed by atoms with E-state index in [4.69, 9.17) is 10.5 Å². The number of pyridine rings is 1.